The lowest BCUT2D eigenvalue weighted by molar-refractivity contribution is 0.0983. The Morgan fingerprint density at radius 2 is 1.96 bits per heavy atom. The van der Waals surface area contributed by atoms with Gasteiger partial charge in [-0.05, 0) is 51.0 Å². The SMILES string of the molecule is CCOC(=O)N1CCC(Nc2nc(-c3ccc(OCC)cc3)cs2)CC1. The molecule has 1 amide bonds. The molecule has 7 heteroatoms. The summed E-state index contributed by atoms with van der Waals surface area (Å²) < 4.78 is 10.5. The molecule has 1 fully saturated rings. The van der Waals surface area contributed by atoms with Crippen molar-refractivity contribution in [2.24, 2.45) is 0 Å². The standard InChI is InChI=1S/C19H25N3O3S/c1-3-24-16-7-5-14(6-8-16)17-13-26-18(21-17)20-15-9-11-22(12-10-15)19(23)25-4-2/h5-8,13,15H,3-4,9-12H2,1-2H3,(H,20,21). The molecule has 0 radical (unpaired) electrons. The first kappa shape index (κ1) is 18.5. The van der Waals surface area contributed by atoms with Crippen LogP contribution in [0.3, 0.4) is 0 Å². The van der Waals surface area contributed by atoms with E-state index >= 15 is 0 Å². The number of carbonyl (C=O) groups excluding carboxylic acids is 1. The summed E-state index contributed by atoms with van der Waals surface area (Å²) in [6.07, 6.45) is 1.59. The molecule has 6 nitrogen and oxygen atoms in total. The van der Waals surface area contributed by atoms with Crippen LogP contribution < -0.4 is 10.1 Å². The topological polar surface area (TPSA) is 63.7 Å². The van der Waals surface area contributed by atoms with E-state index in [0.717, 1.165) is 35.0 Å². The smallest absolute Gasteiger partial charge is 0.409 e. The highest BCUT2D eigenvalue weighted by Gasteiger charge is 2.24. The van der Waals surface area contributed by atoms with Crippen LogP contribution in [0.15, 0.2) is 29.6 Å². The lowest BCUT2D eigenvalue weighted by Gasteiger charge is -2.31. The normalized spacial score (nSPS) is 14.9. The van der Waals surface area contributed by atoms with Crippen LogP contribution in [-0.2, 0) is 4.74 Å². The Morgan fingerprint density at radius 3 is 2.62 bits per heavy atom. The van der Waals surface area contributed by atoms with Gasteiger partial charge in [0.05, 0.1) is 18.9 Å². The number of amides is 1. The summed E-state index contributed by atoms with van der Waals surface area (Å²) >= 11 is 1.61. The van der Waals surface area contributed by atoms with Gasteiger partial charge in [-0.15, -0.1) is 11.3 Å². The number of piperidine rings is 1. The van der Waals surface area contributed by atoms with E-state index in [1.54, 1.807) is 16.2 Å². The van der Waals surface area contributed by atoms with E-state index in [2.05, 4.69) is 10.7 Å². The number of thiazole rings is 1. The minimum absolute atomic E-state index is 0.210. The van der Waals surface area contributed by atoms with E-state index in [4.69, 9.17) is 14.5 Å². The lowest BCUT2D eigenvalue weighted by atomic mass is 10.1. The summed E-state index contributed by atoms with van der Waals surface area (Å²) in [5, 5.41) is 6.48. The number of nitrogens with zero attached hydrogens (tertiary/aromatic N) is 2. The maximum absolute atomic E-state index is 11.8. The molecule has 3 rings (SSSR count). The number of anilines is 1. The Bertz CT molecular complexity index is 709. The zero-order valence-corrected chi connectivity index (χ0v) is 16.1. The molecule has 1 aromatic carbocycles. The summed E-state index contributed by atoms with van der Waals surface area (Å²) in [4.78, 5) is 18.2. The van der Waals surface area contributed by atoms with Gasteiger partial charge >= 0.3 is 6.09 Å². The Kier molecular flexibility index (Phi) is 6.33. The highest BCUT2D eigenvalue weighted by molar-refractivity contribution is 7.14. The number of benzene rings is 1. The molecular formula is C19H25N3O3S. The lowest BCUT2D eigenvalue weighted by Crippen LogP contribution is -2.42. The first-order valence-electron chi connectivity index (χ1n) is 9.06. The number of nitrogens with one attached hydrogen (secondary N) is 1. The predicted octanol–water partition coefficient (Wildman–Crippen LogP) is 4.24. The first-order valence-corrected chi connectivity index (χ1v) is 9.94. The Balaban J connectivity index is 1.53. The van der Waals surface area contributed by atoms with Crippen LogP contribution in [0.4, 0.5) is 9.93 Å². The summed E-state index contributed by atoms with van der Waals surface area (Å²) in [6.45, 7) is 6.32. The van der Waals surface area contributed by atoms with Gasteiger partial charge in [-0.2, -0.15) is 0 Å². The van der Waals surface area contributed by atoms with Crippen molar-refractivity contribution in [1.82, 2.24) is 9.88 Å². The average molecular weight is 375 g/mol. The summed E-state index contributed by atoms with van der Waals surface area (Å²) in [5.41, 5.74) is 2.04. The van der Waals surface area contributed by atoms with E-state index in [9.17, 15) is 4.79 Å². The third-order valence-corrected chi connectivity index (χ3v) is 5.09. The van der Waals surface area contributed by atoms with Crippen molar-refractivity contribution in [3.63, 3.8) is 0 Å². The highest BCUT2D eigenvalue weighted by Crippen LogP contribution is 2.28. The van der Waals surface area contributed by atoms with Gasteiger partial charge in [-0.3, -0.25) is 0 Å². The fraction of sp³-hybridized carbons (Fsp3) is 0.474. The first-order chi connectivity index (χ1) is 12.7. The molecule has 0 saturated carbocycles. The number of rotatable bonds is 6. The number of hydrogen-bond donors (Lipinski definition) is 1. The molecule has 1 aliphatic heterocycles. The Morgan fingerprint density at radius 1 is 1.23 bits per heavy atom. The van der Waals surface area contributed by atoms with Crippen LogP contribution in [0.2, 0.25) is 0 Å². The van der Waals surface area contributed by atoms with Crippen molar-refractivity contribution in [2.75, 3.05) is 31.6 Å². The van der Waals surface area contributed by atoms with E-state index < -0.39 is 0 Å². The minimum Gasteiger partial charge on any atom is -0.494 e. The van der Waals surface area contributed by atoms with Gasteiger partial charge in [0.15, 0.2) is 5.13 Å². The van der Waals surface area contributed by atoms with Crippen LogP contribution in [0, 0.1) is 0 Å². The molecule has 1 aromatic heterocycles. The molecule has 2 heterocycles. The fourth-order valence-electron chi connectivity index (χ4n) is 2.96. The van der Waals surface area contributed by atoms with Gasteiger partial charge in [0.2, 0.25) is 0 Å². The third-order valence-electron chi connectivity index (χ3n) is 4.31. The molecule has 140 valence electrons. The second-order valence-corrected chi connectivity index (χ2v) is 6.96. The van der Waals surface area contributed by atoms with Gasteiger partial charge < -0.3 is 19.7 Å². The maximum Gasteiger partial charge on any atom is 0.409 e. The largest absolute Gasteiger partial charge is 0.494 e. The van der Waals surface area contributed by atoms with Gasteiger partial charge in [0.25, 0.3) is 0 Å². The van der Waals surface area contributed by atoms with E-state index in [1.165, 1.54) is 0 Å². The Hall–Kier alpha value is -2.28. The van der Waals surface area contributed by atoms with E-state index in [0.29, 0.717) is 32.3 Å². The zero-order valence-electron chi connectivity index (χ0n) is 15.2. The molecule has 26 heavy (non-hydrogen) atoms. The second-order valence-electron chi connectivity index (χ2n) is 6.10. The van der Waals surface area contributed by atoms with Crippen LogP contribution >= 0.6 is 11.3 Å². The van der Waals surface area contributed by atoms with Crippen molar-refractivity contribution in [3.8, 4) is 17.0 Å². The third kappa shape index (κ3) is 4.66. The monoisotopic (exact) mass is 375 g/mol. The molecule has 0 bridgehead atoms. The van der Waals surface area contributed by atoms with Crippen LogP contribution in [0.5, 0.6) is 5.75 Å². The van der Waals surface area contributed by atoms with Gasteiger partial charge in [0, 0.05) is 30.1 Å². The number of aromatic nitrogens is 1. The minimum atomic E-state index is -0.210. The molecule has 1 N–H and O–H groups in total. The maximum atomic E-state index is 11.8. The molecule has 1 aliphatic rings. The molecule has 0 aliphatic carbocycles. The second kappa shape index (κ2) is 8.89. The number of likely N-dealkylation sites (tertiary alicyclic amines) is 1. The summed E-state index contributed by atoms with van der Waals surface area (Å²) in [7, 11) is 0. The molecule has 0 unspecified atom stereocenters. The van der Waals surface area contributed by atoms with E-state index in [1.807, 2.05) is 38.1 Å². The fourth-order valence-corrected chi connectivity index (χ4v) is 3.75. The van der Waals surface area contributed by atoms with Gasteiger partial charge in [0.1, 0.15) is 5.75 Å². The molecule has 1 saturated heterocycles. The number of hydrogen-bond acceptors (Lipinski definition) is 6. The van der Waals surface area contributed by atoms with Gasteiger partial charge in [-0.1, -0.05) is 0 Å². The van der Waals surface area contributed by atoms with Gasteiger partial charge in [-0.25, -0.2) is 9.78 Å². The highest BCUT2D eigenvalue weighted by atomic mass is 32.1. The van der Waals surface area contributed by atoms with Crippen molar-refractivity contribution < 1.29 is 14.3 Å². The van der Waals surface area contributed by atoms with Crippen LogP contribution in [0.1, 0.15) is 26.7 Å². The zero-order chi connectivity index (χ0) is 18.4. The molecule has 2 aromatic rings. The molecular weight excluding hydrogens is 350 g/mol. The van der Waals surface area contributed by atoms with E-state index in [-0.39, 0.29) is 6.09 Å². The summed E-state index contributed by atoms with van der Waals surface area (Å²) in [6, 6.07) is 8.33. The van der Waals surface area contributed by atoms with Crippen molar-refractivity contribution in [2.45, 2.75) is 32.7 Å². The predicted molar refractivity (Wildman–Crippen MR) is 104 cm³/mol. The van der Waals surface area contributed by atoms with Crippen LogP contribution in [0.25, 0.3) is 11.3 Å². The Labute approximate surface area is 158 Å². The average Bonchev–Trinajstić information content (AvgIpc) is 3.12. The van der Waals surface area contributed by atoms with Crippen molar-refractivity contribution in [3.05, 3.63) is 29.6 Å². The quantitative estimate of drug-likeness (QED) is 0.818. The summed E-state index contributed by atoms with van der Waals surface area (Å²) in [5.74, 6) is 0.873. The number of carbonyl (C=O) groups is 1. The molecule has 0 atom stereocenters. The van der Waals surface area contributed by atoms with Crippen molar-refractivity contribution >= 4 is 22.6 Å². The molecule has 0 spiro atoms. The van der Waals surface area contributed by atoms with Crippen molar-refractivity contribution in [1.29, 1.82) is 0 Å². The van der Waals surface area contributed by atoms with Crippen LogP contribution in [-0.4, -0.2) is 48.3 Å². The number of ether oxygens (including phenoxy) is 2.